The summed E-state index contributed by atoms with van der Waals surface area (Å²) in [5, 5.41) is 3.49. The normalized spacial score (nSPS) is 15.0. The van der Waals surface area contributed by atoms with E-state index >= 15 is 0 Å². The Hall–Kier alpha value is -3.28. The third kappa shape index (κ3) is 3.90. The molecule has 0 unspecified atom stereocenters. The highest BCUT2D eigenvalue weighted by molar-refractivity contribution is 5.74. The number of aromatic nitrogens is 3. The lowest BCUT2D eigenvalue weighted by Gasteiger charge is -2.20. The fourth-order valence-corrected chi connectivity index (χ4v) is 4.06. The Morgan fingerprint density at radius 3 is 2.63 bits per heavy atom. The lowest BCUT2D eigenvalue weighted by atomic mass is 10.1. The van der Waals surface area contributed by atoms with Crippen molar-refractivity contribution >= 4 is 17.4 Å². The lowest BCUT2D eigenvalue weighted by molar-refractivity contribution is -0.130. The number of hydrogen-bond donors (Lipinski definition) is 1. The largest absolute Gasteiger partial charge is 0.340 e. The minimum Gasteiger partial charge on any atom is -0.340 e. The maximum Gasteiger partial charge on any atom is 0.219 e. The van der Waals surface area contributed by atoms with Crippen LogP contribution in [0, 0.1) is 0 Å². The summed E-state index contributed by atoms with van der Waals surface area (Å²) in [4.78, 5) is 27.8. The molecule has 1 aromatic carbocycles. The minimum absolute atomic E-state index is 0.151. The van der Waals surface area contributed by atoms with Gasteiger partial charge in [-0.15, -0.1) is 0 Å². The van der Waals surface area contributed by atoms with Crippen LogP contribution in [-0.2, 0) is 24.2 Å². The Bertz CT molecular complexity index is 1060. The maximum absolute atomic E-state index is 11.9. The first-order chi connectivity index (χ1) is 14.7. The van der Waals surface area contributed by atoms with E-state index in [4.69, 9.17) is 9.97 Å². The number of fused-ring (bicyclic) bond motifs is 1. The Balaban J connectivity index is 1.38. The first-order valence-electron chi connectivity index (χ1n) is 10.6. The molecule has 3 aromatic rings. The number of pyridine rings is 1. The number of benzene rings is 1. The molecule has 1 amide bonds. The number of carbonyl (C=O) groups is 1. The van der Waals surface area contributed by atoms with E-state index < -0.39 is 0 Å². The molecule has 6 nitrogen and oxygen atoms in total. The number of nitrogens with zero attached hydrogens (tertiary/aromatic N) is 4. The van der Waals surface area contributed by atoms with Gasteiger partial charge in [-0.2, -0.15) is 0 Å². The fraction of sp³-hybridized carbons (Fsp3) is 0.333. The summed E-state index contributed by atoms with van der Waals surface area (Å²) in [6.07, 6.45) is 7.09. The standard InChI is InChI=1S/C24H25N5O/c1-16(30)29(19-12-13-19)15-17-8-10-18(11-9-17)26-23-20-5-4-7-21(20)27-24(28-23)22-6-2-3-14-25-22/h2-3,6,8-11,14,19H,4-5,7,12-13,15H2,1H3,(H,26,27,28). The molecule has 152 valence electrons. The van der Waals surface area contributed by atoms with Gasteiger partial charge in [0.1, 0.15) is 11.5 Å². The molecule has 0 bridgehead atoms. The molecule has 1 N–H and O–H groups in total. The molecule has 6 heteroatoms. The number of hydrogen-bond acceptors (Lipinski definition) is 5. The van der Waals surface area contributed by atoms with Crippen molar-refractivity contribution in [2.45, 2.75) is 51.6 Å². The van der Waals surface area contributed by atoms with E-state index in [0.717, 1.165) is 60.6 Å². The van der Waals surface area contributed by atoms with Crippen molar-refractivity contribution in [3.63, 3.8) is 0 Å². The van der Waals surface area contributed by atoms with E-state index in [2.05, 4.69) is 34.6 Å². The number of aryl methyl sites for hydroxylation is 1. The number of carbonyl (C=O) groups excluding carboxylic acids is 1. The first-order valence-corrected chi connectivity index (χ1v) is 10.6. The monoisotopic (exact) mass is 399 g/mol. The van der Waals surface area contributed by atoms with Gasteiger partial charge in [0.15, 0.2) is 5.82 Å². The Morgan fingerprint density at radius 1 is 1.10 bits per heavy atom. The molecule has 0 atom stereocenters. The topological polar surface area (TPSA) is 71.0 Å². The predicted octanol–water partition coefficient (Wildman–Crippen LogP) is 4.28. The molecular weight excluding hydrogens is 374 g/mol. The van der Waals surface area contributed by atoms with Crippen molar-refractivity contribution in [1.29, 1.82) is 0 Å². The van der Waals surface area contributed by atoms with E-state index in [1.54, 1.807) is 13.1 Å². The van der Waals surface area contributed by atoms with Crippen LogP contribution in [-0.4, -0.2) is 31.8 Å². The van der Waals surface area contributed by atoms with Crippen molar-refractivity contribution in [3.05, 3.63) is 65.5 Å². The van der Waals surface area contributed by atoms with Gasteiger partial charge in [-0.1, -0.05) is 18.2 Å². The first kappa shape index (κ1) is 18.7. The average molecular weight is 399 g/mol. The highest BCUT2D eigenvalue weighted by Crippen LogP contribution is 2.31. The molecule has 2 heterocycles. The zero-order chi connectivity index (χ0) is 20.5. The van der Waals surface area contributed by atoms with Crippen molar-refractivity contribution in [2.24, 2.45) is 0 Å². The molecular formula is C24H25N5O. The van der Waals surface area contributed by atoms with Crippen LogP contribution in [0.2, 0.25) is 0 Å². The van der Waals surface area contributed by atoms with E-state index in [-0.39, 0.29) is 5.91 Å². The fourth-order valence-electron chi connectivity index (χ4n) is 4.06. The van der Waals surface area contributed by atoms with Gasteiger partial charge in [-0.3, -0.25) is 9.78 Å². The predicted molar refractivity (Wildman–Crippen MR) is 116 cm³/mol. The number of rotatable bonds is 6. The summed E-state index contributed by atoms with van der Waals surface area (Å²) < 4.78 is 0. The minimum atomic E-state index is 0.151. The van der Waals surface area contributed by atoms with Crippen LogP contribution < -0.4 is 5.32 Å². The van der Waals surface area contributed by atoms with E-state index in [1.807, 2.05) is 23.1 Å². The second kappa shape index (κ2) is 7.86. The number of anilines is 2. The Morgan fingerprint density at radius 2 is 1.93 bits per heavy atom. The third-order valence-corrected chi connectivity index (χ3v) is 5.79. The van der Waals surface area contributed by atoms with Gasteiger partial charge < -0.3 is 10.2 Å². The zero-order valence-electron chi connectivity index (χ0n) is 17.1. The van der Waals surface area contributed by atoms with E-state index in [0.29, 0.717) is 18.4 Å². The van der Waals surface area contributed by atoms with Gasteiger partial charge in [0.2, 0.25) is 5.91 Å². The van der Waals surface area contributed by atoms with Crippen LogP contribution in [0.1, 0.15) is 43.0 Å². The zero-order valence-corrected chi connectivity index (χ0v) is 17.1. The van der Waals surface area contributed by atoms with Crippen molar-refractivity contribution in [2.75, 3.05) is 5.32 Å². The van der Waals surface area contributed by atoms with Gasteiger partial charge >= 0.3 is 0 Å². The van der Waals surface area contributed by atoms with Crippen LogP contribution in [0.15, 0.2) is 48.7 Å². The van der Waals surface area contributed by atoms with Crippen LogP contribution in [0.25, 0.3) is 11.5 Å². The summed E-state index contributed by atoms with van der Waals surface area (Å²) in [6, 6.07) is 14.5. The molecule has 1 saturated carbocycles. The highest BCUT2D eigenvalue weighted by atomic mass is 16.2. The van der Waals surface area contributed by atoms with E-state index in [1.165, 1.54) is 5.56 Å². The molecule has 0 saturated heterocycles. The van der Waals surface area contributed by atoms with Crippen molar-refractivity contribution in [1.82, 2.24) is 19.9 Å². The van der Waals surface area contributed by atoms with Gasteiger partial charge in [-0.05, 0) is 61.9 Å². The second-order valence-corrected chi connectivity index (χ2v) is 8.09. The smallest absolute Gasteiger partial charge is 0.219 e. The molecule has 0 aliphatic heterocycles. The molecule has 30 heavy (non-hydrogen) atoms. The van der Waals surface area contributed by atoms with E-state index in [9.17, 15) is 4.79 Å². The van der Waals surface area contributed by atoms with Crippen molar-refractivity contribution < 1.29 is 4.79 Å². The summed E-state index contributed by atoms with van der Waals surface area (Å²) in [6.45, 7) is 2.33. The molecule has 2 aliphatic carbocycles. The van der Waals surface area contributed by atoms with Gasteiger partial charge in [0.05, 0.1) is 0 Å². The lowest BCUT2D eigenvalue weighted by Crippen LogP contribution is -2.30. The Kier molecular flexibility index (Phi) is 4.91. The SMILES string of the molecule is CC(=O)N(Cc1ccc(Nc2nc(-c3ccccn3)nc3c2CCC3)cc1)C1CC1. The third-order valence-electron chi connectivity index (χ3n) is 5.79. The van der Waals surface area contributed by atoms with Gasteiger partial charge in [0.25, 0.3) is 0 Å². The molecule has 2 aromatic heterocycles. The van der Waals surface area contributed by atoms with Gasteiger partial charge in [0, 0.05) is 42.7 Å². The summed E-state index contributed by atoms with van der Waals surface area (Å²) >= 11 is 0. The average Bonchev–Trinajstić information content (AvgIpc) is 3.49. The van der Waals surface area contributed by atoms with Crippen LogP contribution in [0.4, 0.5) is 11.5 Å². The van der Waals surface area contributed by atoms with Crippen LogP contribution in [0.5, 0.6) is 0 Å². The number of amides is 1. The summed E-state index contributed by atoms with van der Waals surface area (Å²) in [5.41, 5.74) is 5.24. The maximum atomic E-state index is 11.9. The molecule has 1 fully saturated rings. The highest BCUT2D eigenvalue weighted by Gasteiger charge is 2.30. The van der Waals surface area contributed by atoms with Crippen LogP contribution >= 0.6 is 0 Å². The Labute approximate surface area is 176 Å². The van der Waals surface area contributed by atoms with Gasteiger partial charge in [-0.25, -0.2) is 9.97 Å². The molecule has 2 aliphatic rings. The van der Waals surface area contributed by atoms with Crippen molar-refractivity contribution in [3.8, 4) is 11.5 Å². The second-order valence-electron chi connectivity index (χ2n) is 8.09. The molecule has 0 radical (unpaired) electrons. The quantitative estimate of drug-likeness (QED) is 0.670. The summed E-state index contributed by atoms with van der Waals surface area (Å²) in [7, 11) is 0. The number of nitrogens with one attached hydrogen (secondary N) is 1. The molecule has 5 rings (SSSR count). The summed E-state index contributed by atoms with van der Waals surface area (Å²) in [5.74, 6) is 1.68. The van der Waals surface area contributed by atoms with Crippen LogP contribution in [0.3, 0.4) is 0 Å². The molecule has 0 spiro atoms.